The molecule has 2 aromatic rings. The van der Waals surface area contributed by atoms with Gasteiger partial charge in [0, 0.05) is 18.4 Å². The van der Waals surface area contributed by atoms with Crippen molar-refractivity contribution in [3.05, 3.63) is 18.7 Å². The van der Waals surface area contributed by atoms with Gasteiger partial charge in [0.2, 0.25) is 0 Å². The number of primary sulfonamides is 1. The summed E-state index contributed by atoms with van der Waals surface area (Å²) in [4.78, 5) is 7.76. The van der Waals surface area contributed by atoms with Crippen LogP contribution in [0.5, 0.6) is 0 Å². The third-order valence-electron chi connectivity index (χ3n) is 2.65. The molecule has 0 amide bonds. The minimum Gasteiger partial charge on any atom is -0.294 e. The first-order valence-electron chi connectivity index (χ1n) is 5.30. The van der Waals surface area contributed by atoms with E-state index in [0.717, 1.165) is 12.8 Å². The lowest BCUT2D eigenvalue weighted by molar-refractivity contribution is 0.567. The quantitative estimate of drug-likeness (QED) is 0.816. The molecule has 3 rings (SSSR count). The molecule has 2 N–H and O–H groups in total. The largest absolute Gasteiger partial charge is 0.294 e. The van der Waals surface area contributed by atoms with E-state index in [1.54, 1.807) is 17.0 Å². The number of aromatic nitrogens is 5. The number of hydrogen-bond donors (Lipinski definition) is 1. The predicted octanol–water partition coefficient (Wildman–Crippen LogP) is -0.283. The van der Waals surface area contributed by atoms with E-state index in [2.05, 4.69) is 20.2 Å². The van der Waals surface area contributed by atoms with Crippen molar-refractivity contribution in [2.45, 2.75) is 24.0 Å². The molecule has 1 saturated carbocycles. The van der Waals surface area contributed by atoms with Crippen molar-refractivity contribution in [1.82, 2.24) is 24.7 Å². The zero-order valence-corrected chi connectivity index (χ0v) is 10.1. The van der Waals surface area contributed by atoms with Crippen molar-refractivity contribution >= 4 is 10.0 Å². The van der Waals surface area contributed by atoms with Gasteiger partial charge in [-0.1, -0.05) is 0 Å². The average Bonchev–Trinajstić information content (AvgIpc) is 3.07. The Morgan fingerprint density at radius 2 is 1.89 bits per heavy atom. The number of rotatable bonds is 3. The summed E-state index contributed by atoms with van der Waals surface area (Å²) in [5, 5.41) is 12.5. The van der Waals surface area contributed by atoms with Gasteiger partial charge in [-0.2, -0.15) is 0 Å². The molecule has 0 radical (unpaired) electrons. The van der Waals surface area contributed by atoms with Gasteiger partial charge >= 0.3 is 0 Å². The van der Waals surface area contributed by atoms with Crippen LogP contribution in [0.25, 0.3) is 11.4 Å². The van der Waals surface area contributed by atoms with Gasteiger partial charge in [0.1, 0.15) is 6.33 Å². The second kappa shape index (κ2) is 3.82. The van der Waals surface area contributed by atoms with Gasteiger partial charge in [0.05, 0.1) is 5.56 Å². The fourth-order valence-corrected chi connectivity index (χ4v) is 2.41. The molecule has 0 spiro atoms. The molecule has 1 aliphatic rings. The molecular weight excluding hydrogens is 256 g/mol. The van der Waals surface area contributed by atoms with Crippen LogP contribution in [-0.2, 0) is 10.0 Å². The Labute approximate surface area is 103 Å². The van der Waals surface area contributed by atoms with E-state index >= 15 is 0 Å². The third-order valence-corrected chi connectivity index (χ3v) is 3.44. The molecule has 18 heavy (non-hydrogen) atoms. The molecule has 1 fully saturated rings. The van der Waals surface area contributed by atoms with Crippen molar-refractivity contribution in [2.75, 3.05) is 0 Å². The van der Waals surface area contributed by atoms with Gasteiger partial charge in [-0.05, 0) is 12.8 Å². The zero-order valence-electron chi connectivity index (χ0n) is 9.26. The Kier molecular flexibility index (Phi) is 2.38. The van der Waals surface area contributed by atoms with E-state index in [-0.39, 0.29) is 11.2 Å². The normalized spacial score (nSPS) is 15.8. The highest BCUT2D eigenvalue weighted by molar-refractivity contribution is 7.89. The molecule has 0 bridgehead atoms. The van der Waals surface area contributed by atoms with Crippen LogP contribution in [0, 0.1) is 0 Å². The number of hydrogen-bond acceptors (Lipinski definition) is 6. The van der Waals surface area contributed by atoms with E-state index in [1.807, 2.05) is 0 Å². The van der Waals surface area contributed by atoms with Crippen molar-refractivity contribution in [1.29, 1.82) is 0 Å². The van der Waals surface area contributed by atoms with Gasteiger partial charge in [-0.3, -0.25) is 4.57 Å². The molecule has 0 saturated heterocycles. The van der Waals surface area contributed by atoms with E-state index in [0.29, 0.717) is 11.4 Å². The first kappa shape index (κ1) is 11.2. The van der Waals surface area contributed by atoms with Crippen LogP contribution in [0.2, 0.25) is 0 Å². The van der Waals surface area contributed by atoms with Crippen LogP contribution in [0.4, 0.5) is 0 Å². The van der Waals surface area contributed by atoms with E-state index in [9.17, 15) is 8.42 Å². The Morgan fingerprint density at radius 3 is 2.44 bits per heavy atom. The maximum Gasteiger partial charge on any atom is 0.273 e. The van der Waals surface area contributed by atoms with E-state index in [4.69, 9.17) is 5.14 Å². The van der Waals surface area contributed by atoms with Crippen LogP contribution >= 0.6 is 0 Å². The summed E-state index contributed by atoms with van der Waals surface area (Å²) >= 11 is 0. The topological polar surface area (TPSA) is 117 Å². The molecular formula is C9H10N6O2S. The highest BCUT2D eigenvalue weighted by Gasteiger charge is 2.33. The summed E-state index contributed by atoms with van der Waals surface area (Å²) < 4.78 is 24.5. The molecule has 8 nitrogen and oxygen atoms in total. The fourth-order valence-electron chi connectivity index (χ4n) is 1.74. The Balaban J connectivity index is 2.20. The lowest BCUT2D eigenvalue weighted by Gasteiger charge is -2.06. The van der Waals surface area contributed by atoms with Gasteiger partial charge in [0.15, 0.2) is 5.82 Å². The maximum atomic E-state index is 11.5. The second-order valence-electron chi connectivity index (χ2n) is 4.08. The maximum absolute atomic E-state index is 11.5. The average molecular weight is 266 g/mol. The summed E-state index contributed by atoms with van der Waals surface area (Å²) in [5.41, 5.74) is 0.617. The molecule has 9 heteroatoms. The van der Waals surface area contributed by atoms with Crippen molar-refractivity contribution < 1.29 is 8.42 Å². The van der Waals surface area contributed by atoms with Gasteiger partial charge in [-0.25, -0.2) is 23.5 Å². The summed E-state index contributed by atoms with van der Waals surface area (Å²) in [6, 6.07) is 0.0866. The zero-order chi connectivity index (χ0) is 12.8. The predicted molar refractivity (Wildman–Crippen MR) is 60.7 cm³/mol. The van der Waals surface area contributed by atoms with Crippen molar-refractivity contribution in [3.63, 3.8) is 0 Å². The van der Waals surface area contributed by atoms with Crippen LogP contribution in [-0.4, -0.2) is 33.2 Å². The molecule has 1 aliphatic carbocycles. The summed E-state index contributed by atoms with van der Waals surface area (Å²) in [5.74, 6) is 0.433. The summed E-state index contributed by atoms with van der Waals surface area (Å²) in [6.07, 6.45) is 6.29. The molecule has 2 aromatic heterocycles. The molecule has 0 aromatic carbocycles. The van der Waals surface area contributed by atoms with Gasteiger partial charge in [0.25, 0.3) is 15.2 Å². The highest BCUT2D eigenvalue weighted by Crippen LogP contribution is 2.39. The molecule has 2 heterocycles. The highest BCUT2D eigenvalue weighted by atomic mass is 32.2. The minimum atomic E-state index is -3.88. The van der Waals surface area contributed by atoms with E-state index in [1.165, 1.54) is 6.33 Å². The van der Waals surface area contributed by atoms with E-state index < -0.39 is 10.0 Å². The first-order chi connectivity index (χ1) is 8.57. The molecule has 0 unspecified atom stereocenters. The first-order valence-corrected chi connectivity index (χ1v) is 6.85. The summed E-state index contributed by atoms with van der Waals surface area (Å²) in [6.45, 7) is 0. The smallest absolute Gasteiger partial charge is 0.273 e. The monoisotopic (exact) mass is 266 g/mol. The Hall–Kier alpha value is -1.87. The van der Waals surface area contributed by atoms with Crippen LogP contribution < -0.4 is 5.14 Å². The van der Waals surface area contributed by atoms with Crippen molar-refractivity contribution in [2.24, 2.45) is 5.14 Å². The molecule has 0 aliphatic heterocycles. The Bertz CT molecular complexity index is 676. The SMILES string of the molecule is NS(=O)(=O)c1nnc(-c2cncnc2)n1C1CC1. The Morgan fingerprint density at radius 1 is 1.22 bits per heavy atom. The number of nitrogens with zero attached hydrogens (tertiary/aromatic N) is 5. The van der Waals surface area contributed by atoms with Crippen LogP contribution in [0.3, 0.4) is 0 Å². The van der Waals surface area contributed by atoms with Gasteiger partial charge < -0.3 is 0 Å². The van der Waals surface area contributed by atoms with Crippen LogP contribution in [0.15, 0.2) is 23.9 Å². The number of sulfonamides is 1. The minimum absolute atomic E-state index is 0.0866. The third kappa shape index (κ3) is 1.87. The standard InChI is InChI=1S/C9H10N6O2S/c10-18(16,17)9-14-13-8(15(9)7-1-2-7)6-3-11-5-12-4-6/h3-5,7H,1-2H2,(H2,10,16,17). The molecule has 94 valence electrons. The lowest BCUT2D eigenvalue weighted by atomic mass is 10.3. The second-order valence-corrected chi connectivity index (χ2v) is 5.53. The number of nitrogens with two attached hydrogens (primary N) is 1. The lowest BCUT2D eigenvalue weighted by Crippen LogP contribution is -2.18. The van der Waals surface area contributed by atoms with Crippen LogP contribution in [0.1, 0.15) is 18.9 Å². The van der Waals surface area contributed by atoms with Gasteiger partial charge in [-0.15, -0.1) is 10.2 Å². The van der Waals surface area contributed by atoms with Crippen molar-refractivity contribution in [3.8, 4) is 11.4 Å². The molecule has 0 atom stereocenters. The fraction of sp³-hybridized carbons (Fsp3) is 0.333. The summed E-state index contributed by atoms with van der Waals surface area (Å²) in [7, 11) is -3.88.